The number of aromatic nitrogens is 2. The number of anilines is 1. The molecule has 4 nitrogen and oxygen atoms in total. The third-order valence-electron chi connectivity index (χ3n) is 2.16. The van der Waals surface area contributed by atoms with E-state index in [1.807, 2.05) is 0 Å². The zero-order valence-corrected chi connectivity index (χ0v) is 8.01. The van der Waals surface area contributed by atoms with Gasteiger partial charge in [-0.3, -0.25) is 4.57 Å². The molecule has 1 atom stereocenters. The Morgan fingerprint density at radius 3 is 3.31 bits per heavy atom. The fourth-order valence-electron chi connectivity index (χ4n) is 1.46. The van der Waals surface area contributed by atoms with Gasteiger partial charge in [-0.25, -0.2) is 4.79 Å². The van der Waals surface area contributed by atoms with Crippen LogP contribution in [0.3, 0.4) is 0 Å². The summed E-state index contributed by atoms with van der Waals surface area (Å²) in [6.07, 6.45) is 0.941. The van der Waals surface area contributed by atoms with Crippen LogP contribution in [-0.4, -0.2) is 15.6 Å². The standard InChI is InChI=1S/C8H10ClN3O/c1-5-2-3-12-7(10-5)4-6(9)11-8(12)13/h4-5,10H,2-3H2,1H3/t5-/m0/s1. The first kappa shape index (κ1) is 8.56. The van der Waals surface area contributed by atoms with E-state index in [-0.39, 0.29) is 10.8 Å². The van der Waals surface area contributed by atoms with Gasteiger partial charge in [-0.15, -0.1) is 0 Å². The van der Waals surface area contributed by atoms with Gasteiger partial charge in [0.05, 0.1) is 0 Å². The highest BCUT2D eigenvalue weighted by molar-refractivity contribution is 6.29. The summed E-state index contributed by atoms with van der Waals surface area (Å²) in [7, 11) is 0. The number of halogens is 1. The first-order chi connectivity index (χ1) is 6.16. The van der Waals surface area contributed by atoms with Crippen LogP contribution in [0.25, 0.3) is 0 Å². The molecule has 0 aliphatic carbocycles. The van der Waals surface area contributed by atoms with E-state index < -0.39 is 0 Å². The molecule has 1 N–H and O–H groups in total. The van der Waals surface area contributed by atoms with Crippen LogP contribution < -0.4 is 11.0 Å². The highest BCUT2D eigenvalue weighted by Crippen LogP contribution is 2.17. The van der Waals surface area contributed by atoms with Crippen molar-refractivity contribution < 1.29 is 0 Å². The van der Waals surface area contributed by atoms with E-state index in [1.54, 1.807) is 10.6 Å². The van der Waals surface area contributed by atoms with E-state index >= 15 is 0 Å². The minimum atomic E-state index is -0.276. The summed E-state index contributed by atoms with van der Waals surface area (Å²) in [5.41, 5.74) is -0.276. The lowest BCUT2D eigenvalue weighted by molar-refractivity contribution is 0.531. The van der Waals surface area contributed by atoms with Crippen LogP contribution >= 0.6 is 11.6 Å². The highest BCUT2D eigenvalue weighted by Gasteiger charge is 2.15. The van der Waals surface area contributed by atoms with Gasteiger partial charge < -0.3 is 5.32 Å². The maximum Gasteiger partial charge on any atom is 0.350 e. The van der Waals surface area contributed by atoms with Gasteiger partial charge >= 0.3 is 5.69 Å². The summed E-state index contributed by atoms with van der Waals surface area (Å²) < 4.78 is 1.60. The molecule has 2 rings (SSSR count). The van der Waals surface area contributed by atoms with Crippen molar-refractivity contribution in [2.45, 2.75) is 25.9 Å². The monoisotopic (exact) mass is 199 g/mol. The van der Waals surface area contributed by atoms with Crippen molar-refractivity contribution >= 4 is 17.4 Å². The van der Waals surface area contributed by atoms with Crippen molar-refractivity contribution in [3.05, 3.63) is 21.7 Å². The summed E-state index contributed by atoms with van der Waals surface area (Å²) in [6.45, 7) is 2.79. The minimum absolute atomic E-state index is 0.248. The molecule has 13 heavy (non-hydrogen) atoms. The van der Waals surface area contributed by atoms with Crippen LogP contribution in [0.2, 0.25) is 5.15 Å². The lowest BCUT2D eigenvalue weighted by atomic mass is 10.2. The molecule has 0 bridgehead atoms. The van der Waals surface area contributed by atoms with Gasteiger partial charge in [0.1, 0.15) is 11.0 Å². The van der Waals surface area contributed by atoms with E-state index in [9.17, 15) is 4.79 Å². The van der Waals surface area contributed by atoms with E-state index in [4.69, 9.17) is 11.6 Å². The molecule has 1 aliphatic rings. The second-order valence-corrected chi connectivity index (χ2v) is 3.62. The Bertz CT molecular complexity index is 387. The fraction of sp³-hybridized carbons (Fsp3) is 0.500. The van der Waals surface area contributed by atoms with Gasteiger partial charge in [0.2, 0.25) is 0 Å². The summed E-state index contributed by atoms with van der Waals surface area (Å²) in [6, 6.07) is 2.07. The molecular formula is C8H10ClN3O. The number of hydrogen-bond donors (Lipinski definition) is 1. The average Bonchev–Trinajstić information content (AvgIpc) is 2.02. The molecule has 1 aromatic rings. The van der Waals surface area contributed by atoms with Crippen LogP contribution in [0, 0.1) is 0 Å². The molecule has 0 saturated carbocycles. The molecule has 2 heterocycles. The third kappa shape index (κ3) is 1.54. The molecule has 0 spiro atoms. The largest absolute Gasteiger partial charge is 0.369 e. The van der Waals surface area contributed by atoms with E-state index in [2.05, 4.69) is 17.2 Å². The van der Waals surface area contributed by atoms with Crippen molar-refractivity contribution in [2.75, 3.05) is 5.32 Å². The van der Waals surface area contributed by atoms with Gasteiger partial charge in [-0.05, 0) is 13.3 Å². The summed E-state index contributed by atoms with van der Waals surface area (Å²) in [5, 5.41) is 3.43. The van der Waals surface area contributed by atoms with Crippen molar-refractivity contribution in [1.82, 2.24) is 9.55 Å². The number of fused-ring (bicyclic) bond motifs is 1. The van der Waals surface area contributed by atoms with Crippen LogP contribution in [-0.2, 0) is 6.54 Å². The Morgan fingerprint density at radius 1 is 1.77 bits per heavy atom. The van der Waals surface area contributed by atoms with Gasteiger partial charge in [0.15, 0.2) is 0 Å². The molecule has 1 aliphatic heterocycles. The van der Waals surface area contributed by atoms with E-state index in [0.29, 0.717) is 12.6 Å². The van der Waals surface area contributed by atoms with Crippen LogP contribution in [0.5, 0.6) is 0 Å². The highest BCUT2D eigenvalue weighted by atomic mass is 35.5. The van der Waals surface area contributed by atoms with Crippen molar-refractivity contribution in [3.63, 3.8) is 0 Å². The Hall–Kier alpha value is -1.03. The maximum atomic E-state index is 11.3. The first-order valence-corrected chi connectivity index (χ1v) is 4.58. The molecule has 70 valence electrons. The molecule has 0 radical (unpaired) electrons. The Balaban J connectivity index is 2.53. The molecule has 1 aromatic heterocycles. The molecular weight excluding hydrogens is 190 g/mol. The zero-order valence-electron chi connectivity index (χ0n) is 7.25. The maximum absolute atomic E-state index is 11.3. The molecule has 0 unspecified atom stereocenters. The second kappa shape index (κ2) is 3.03. The fourth-order valence-corrected chi connectivity index (χ4v) is 1.64. The molecule has 0 amide bonds. The van der Waals surface area contributed by atoms with Crippen LogP contribution in [0.1, 0.15) is 13.3 Å². The number of hydrogen-bond acceptors (Lipinski definition) is 3. The summed E-state index contributed by atoms with van der Waals surface area (Å²) in [4.78, 5) is 15.0. The number of nitrogens with zero attached hydrogens (tertiary/aromatic N) is 2. The SMILES string of the molecule is C[C@H]1CCn2c(cc(Cl)nc2=O)N1. The number of rotatable bonds is 0. The predicted octanol–water partition coefficient (Wildman–Crippen LogP) is 1.10. The minimum Gasteiger partial charge on any atom is -0.369 e. The van der Waals surface area contributed by atoms with Gasteiger partial charge in [-0.2, -0.15) is 4.98 Å². The second-order valence-electron chi connectivity index (χ2n) is 3.23. The Kier molecular flexibility index (Phi) is 2.00. The molecule has 0 aromatic carbocycles. The van der Waals surface area contributed by atoms with Gasteiger partial charge in [-0.1, -0.05) is 11.6 Å². The van der Waals surface area contributed by atoms with Gasteiger partial charge in [0.25, 0.3) is 0 Å². The normalized spacial score (nSPS) is 20.6. The topological polar surface area (TPSA) is 46.9 Å². The zero-order chi connectivity index (χ0) is 9.42. The van der Waals surface area contributed by atoms with Crippen LogP contribution in [0.15, 0.2) is 10.9 Å². The number of nitrogens with one attached hydrogen (secondary N) is 1. The first-order valence-electron chi connectivity index (χ1n) is 4.21. The lowest BCUT2D eigenvalue weighted by Crippen LogP contribution is -2.34. The van der Waals surface area contributed by atoms with Crippen LogP contribution in [0.4, 0.5) is 5.82 Å². The molecule has 0 saturated heterocycles. The molecule has 0 fully saturated rings. The summed E-state index contributed by atoms with van der Waals surface area (Å²) in [5.74, 6) is 0.767. The van der Waals surface area contributed by atoms with Crippen molar-refractivity contribution in [1.29, 1.82) is 0 Å². The molecule has 5 heteroatoms. The Labute approximate surface area is 80.5 Å². The summed E-state index contributed by atoms with van der Waals surface area (Å²) >= 11 is 5.67. The van der Waals surface area contributed by atoms with Crippen molar-refractivity contribution in [3.8, 4) is 0 Å². The predicted molar refractivity (Wildman–Crippen MR) is 51.2 cm³/mol. The van der Waals surface area contributed by atoms with E-state index in [0.717, 1.165) is 12.2 Å². The van der Waals surface area contributed by atoms with Crippen molar-refractivity contribution in [2.24, 2.45) is 0 Å². The Morgan fingerprint density at radius 2 is 2.54 bits per heavy atom. The van der Waals surface area contributed by atoms with E-state index in [1.165, 1.54) is 0 Å². The van der Waals surface area contributed by atoms with Gasteiger partial charge in [0, 0.05) is 18.7 Å². The lowest BCUT2D eigenvalue weighted by Gasteiger charge is -2.24. The quantitative estimate of drug-likeness (QED) is 0.637. The smallest absolute Gasteiger partial charge is 0.350 e. The average molecular weight is 200 g/mol. The third-order valence-corrected chi connectivity index (χ3v) is 2.35.